The van der Waals surface area contributed by atoms with Crippen LogP contribution in [0.3, 0.4) is 0 Å². The number of rotatable bonds is 6. The first-order valence-electron chi connectivity index (χ1n) is 8.39. The molecule has 0 atom stereocenters. The quantitative estimate of drug-likeness (QED) is 0.586. The van der Waals surface area contributed by atoms with Crippen LogP contribution in [-0.2, 0) is 20.3 Å². The molecule has 2 heterocycles. The van der Waals surface area contributed by atoms with Crippen molar-refractivity contribution < 1.29 is 9.18 Å². The molecule has 27 heavy (non-hydrogen) atoms. The number of nitrogens with one attached hydrogen (secondary N) is 2. The molecule has 3 aromatic rings. The normalized spacial score (nSPS) is 11.6. The Morgan fingerprint density at radius 3 is 2.70 bits per heavy atom. The zero-order chi connectivity index (χ0) is 19.4. The number of carbonyl (C=O) groups excluding carboxylic acids is 1. The number of hydrogen-bond donors (Lipinski definition) is 3. The molecule has 0 spiro atoms. The Kier molecular flexibility index (Phi) is 5.30. The summed E-state index contributed by atoms with van der Waals surface area (Å²) in [6, 6.07) is 12.4. The van der Waals surface area contributed by atoms with E-state index in [0.717, 1.165) is 17.2 Å². The Labute approximate surface area is 156 Å². The van der Waals surface area contributed by atoms with E-state index in [0.29, 0.717) is 28.2 Å². The molecule has 4 N–H and O–H groups in total. The molecule has 0 radical (unpaired) electrons. The standard InChI is InChI=1S/C20H20FN5O/c1-26-18(20(27)24-12-15-5-3-2-4-14(15)9-21)8-13-6-7-17(25-19(13)26)16(10-22)11-23/h2-8,10-11,22H,9,12,23H2,1H3,(H,24,27)/b16-11+,22-10?. The summed E-state index contributed by atoms with van der Waals surface area (Å²) in [5.74, 6) is -0.271. The smallest absolute Gasteiger partial charge is 0.268 e. The molecule has 6 nitrogen and oxygen atoms in total. The fraction of sp³-hybridized carbons (Fsp3) is 0.150. The number of aromatic nitrogens is 2. The largest absolute Gasteiger partial charge is 0.404 e. The number of pyridine rings is 1. The molecule has 1 amide bonds. The van der Waals surface area contributed by atoms with Crippen LogP contribution in [0.25, 0.3) is 16.6 Å². The van der Waals surface area contributed by atoms with Crippen molar-refractivity contribution in [1.29, 1.82) is 5.41 Å². The van der Waals surface area contributed by atoms with Gasteiger partial charge in [-0.25, -0.2) is 9.37 Å². The summed E-state index contributed by atoms with van der Waals surface area (Å²) in [5.41, 5.74) is 8.94. The van der Waals surface area contributed by atoms with Crippen molar-refractivity contribution in [2.24, 2.45) is 12.8 Å². The number of hydrogen-bond acceptors (Lipinski definition) is 4. The molecule has 0 saturated heterocycles. The highest BCUT2D eigenvalue weighted by Gasteiger charge is 2.15. The second-order valence-corrected chi connectivity index (χ2v) is 6.05. The van der Waals surface area contributed by atoms with Gasteiger partial charge in [0, 0.05) is 37.0 Å². The topological polar surface area (TPSA) is 96.8 Å². The Morgan fingerprint density at radius 2 is 2.04 bits per heavy atom. The predicted octanol–water partition coefficient (Wildman–Crippen LogP) is 2.92. The number of carbonyl (C=O) groups is 1. The third-order valence-corrected chi connectivity index (χ3v) is 4.44. The van der Waals surface area contributed by atoms with Crippen molar-refractivity contribution in [3.63, 3.8) is 0 Å². The molecule has 0 saturated carbocycles. The van der Waals surface area contributed by atoms with Gasteiger partial charge in [-0.15, -0.1) is 0 Å². The summed E-state index contributed by atoms with van der Waals surface area (Å²) < 4.78 is 14.7. The van der Waals surface area contributed by atoms with Crippen LogP contribution in [0.4, 0.5) is 4.39 Å². The highest BCUT2D eigenvalue weighted by molar-refractivity contribution is 6.08. The van der Waals surface area contributed by atoms with E-state index in [9.17, 15) is 9.18 Å². The van der Waals surface area contributed by atoms with Crippen LogP contribution in [0.15, 0.2) is 48.7 Å². The van der Waals surface area contributed by atoms with Gasteiger partial charge in [-0.1, -0.05) is 24.3 Å². The number of amides is 1. The van der Waals surface area contributed by atoms with Crippen LogP contribution in [-0.4, -0.2) is 21.7 Å². The summed E-state index contributed by atoms with van der Waals surface area (Å²) in [6.07, 6.45) is 2.45. The minimum Gasteiger partial charge on any atom is -0.404 e. The van der Waals surface area contributed by atoms with Crippen LogP contribution in [0.1, 0.15) is 27.3 Å². The van der Waals surface area contributed by atoms with Crippen molar-refractivity contribution >= 4 is 28.7 Å². The van der Waals surface area contributed by atoms with E-state index in [4.69, 9.17) is 11.1 Å². The third kappa shape index (κ3) is 3.57. The highest BCUT2D eigenvalue weighted by Crippen LogP contribution is 2.20. The van der Waals surface area contributed by atoms with Crippen molar-refractivity contribution in [2.75, 3.05) is 0 Å². The van der Waals surface area contributed by atoms with Crippen LogP contribution in [0.2, 0.25) is 0 Å². The van der Waals surface area contributed by atoms with Crippen LogP contribution >= 0.6 is 0 Å². The van der Waals surface area contributed by atoms with Crippen molar-refractivity contribution in [1.82, 2.24) is 14.9 Å². The highest BCUT2D eigenvalue weighted by atomic mass is 19.1. The van der Waals surface area contributed by atoms with Gasteiger partial charge < -0.3 is 21.0 Å². The summed E-state index contributed by atoms with van der Waals surface area (Å²) in [5, 5.41) is 11.0. The SMILES string of the molecule is Cn1c(C(=O)NCc2ccccc2CF)cc2ccc(/C(C=N)=C/N)nc21. The maximum absolute atomic E-state index is 13.0. The van der Waals surface area contributed by atoms with Crippen molar-refractivity contribution in [3.8, 4) is 0 Å². The number of benzene rings is 1. The second-order valence-electron chi connectivity index (χ2n) is 6.05. The summed E-state index contributed by atoms with van der Waals surface area (Å²) in [7, 11) is 1.75. The van der Waals surface area contributed by atoms with E-state index in [-0.39, 0.29) is 12.5 Å². The number of nitrogens with two attached hydrogens (primary N) is 1. The number of fused-ring (bicyclic) bond motifs is 1. The average molecular weight is 365 g/mol. The number of nitrogens with zero attached hydrogens (tertiary/aromatic N) is 2. The molecule has 1 aromatic carbocycles. The van der Waals surface area contributed by atoms with Gasteiger partial charge in [0.2, 0.25) is 0 Å². The van der Waals surface area contributed by atoms with Crippen molar-refractivity contribution in [2.45, 2.75) is 13.2 Å². The Balaban J connectivity index is 1.87. The van der Waals surface area contributed by atoms with Gasteiger partial charge in [-0.3, -0.25) is 4.79 Å². The van der Waals surface area contributed by atoms with E-state index in [2.05, 4.69) is 10.3 Å². The second kappa shape index (κ2) is 7.82. The van der Waals surface area contributed by atoms with Gasteiger partial charge in [-0.05, 0) is 29.3 Å². The molecule has 0 bridgehead atoms. The van der Waals surface area contributed by atoms with Gasteiger partial charge in [0.1, 0.15) is 18.0 Å². The van der Waals surface area contributed by atoms with Gasteiger partial charge in [0.05, 0.1) is 5.69 Å². The lowest BCUT2D eigenvalue weighted by molar-refractivity contribution is 0.0943. The van der Waals surface area contributed by atoms with Crippen LogP contribution in [0, 0.1) is 5.41 Å². The number of halogens is 1. The third-order valence-electron chi connectivity index (χ3n) is 4.44. The average Bonchev–Trinajstić information content (AvgIpc) is 3.03. The zero-order valence-electron chi connectivity index (χ0n) is 14.9. The van der Waals surface area contributed by atoms with E-state index in [1.807, 2.05) is 12.1 Å². The molecule has 0 aliphatic rings. The minimum atomic E-state index is -0.573. The van der Waals surface area contributed by atoms with Crippen LogP contribution in [0.5, 0.6) is 0 Å². The summed E-state index contributed by atoms with van der Waals surface area (Å²) in [6.45, 7) is -0.330. The molecule has 0 aliphatic heterocycles. The number of allylic oxidation sites excluding steroid dienone is 1. The lowest BCUT2D eigenvalue weighted by atomic mass is 10.1. The summed E-state index contributed by atoms with van der Waals surface area (Å²) in [4.78, 5) is 17.1. The van der Waals surface area contributed by atoms with E-state index in [1.54, 1.807) is 41.9 Å². The Bertz CT molecular complexity index is 1040. The molecule has 7 heteroatoms. The first-order chi connectivity index (χ1) is 13.1. The van der Waals surface area contributed by atoms with E-state index in [1.165, 1.54) is 6.20 Å². The first kappa shape index (κ1) is 18.3. The predicted molar refractivity (Wildman–Crippen MR) is 104 cm³/mol. The maximum Gasteiger partial charge on any atom is 0.268 e. The molecule has 3 rings (SSSR count). The maximum atomic E-state index is 13.0. The summed E-state index contributed by atoms with van der Waals surface area (Å²) >= 11 is 0. The van der Waals surface area contributed by atoms with Gasteiger partial charge in [-0.2, -0.15) is 0 Å². The molecule has 0 aliphatic carbocycles. The van der Waals surface area contributed by atoms with Crippen molar-refractivity contribution in [3.05, 3.63) is 71.2 Å². The zero-order valence-corrected chi connectivity index (χ0v) is 14.9. The van der Waals surface area contributed by atoms with Gasteiger partial charge >= 0.3 is 0 Å². The molecule has 2 aromatic heterocycles. The van der Waals surface area contributed by atoms with E-state index >= 15 is 0 Å². The van der Waals surface area contributed by atoms with E-state index < -0.39 is 6.67 Å². The minimum absolute atomic E-state index is 0.243. The molecular weight excluding hydrogens is 345 g/mol. The first-order valence-corrected chi connectivity index (χ1v) is 8.39. The number of alkyl halides is 1. The molecular formula is C20H20FN5O. The number of aryl methyl sites for hydroxylation is 1. The van der Waals surface area contributed by atoms with Gasteiger partial charge in [0.15, 0.2) is 0 Å². The monoisotopic (exact) mass is 365 g/mol. The molecule has 138 valence electrons. The molecule has 0 fully saturated rings. The molecule has 0 unspecified atom stereocenters. The lowest BCUT2D eigenvalue weighted by Crippen LogP contribution is -2.25. The van der Waals surface area contributed by atoms with Gasteiger partial charge in [0.25, 0.3) is 5.91 Å². The Morgan fingerprint density at radius 1 is 1.30 bits per heavy atom. The lowest BCUT2D eigenvalue weighted by Gasteiger charge is -2.09. The fourth-order valence-corrected chi connectivity index (χ4v) is 2.91. The van der Waals surface area contributed by atoms with Crippen LogP contribution < -0.4 is 11.1 Å². The Hall–Kier alpha value is -3.48. The fourth-order valence-electron chi connectivity index (χ4n) is 2.91.